The highest BCUT2D eigenvalue weighted by molar-refractivity contribution is 7.01. The first-order valence-electron chi connectivity index (χ1n) is 19.0. The second-order valence-corrected chi connectivity index (χ2v) is 19.0. The molecule has 8 aromatic carbocycles. The molecule has 0 atom stereocenters. The maximum Gasteiger partial charge on any atom is 0.113 e. The Hall–Kier alpha value is -6.68. The molecule has 0 aromatic heterocycles. The van der Waals surface area contributed by atoms with Crippen molar-refractivity contribution in [1.29, 1.82) is 0 Å². The van der Waals surface area contributed by atoms with Crippen LogP contribution in [0, 0.1) is 0 Å². The first-order valence-corrected chi connectivity index (χ1v) is 22.0. The monoisotopic (exact) mass is 722 g/mol. The molecule has 55 heavy (non-hydrogen) atoms. The van der Waals surface area contributed by atoms with Gasteiger partial charge in [0.05, 0.1) is 0 Å². The Kier molecular flexibility index (Phi) is 9.07. The molecule has 0 aliphatic carbocycles. The fourth-order valence-electron chi connectivity index (χ4n) is 8.03. The quantitative estimate of drug-likeness (QED) is 0.144. The summed E-state index contributed by atoms with van der Waals surface area (Å²) in [7, 11) is -2.00. The van der Waals surface area contributed by atoms with Gasteiger partial charge in [-0.15, -0.1) is 0 Å². The van der Waals surface area contributed by atoms with E-state index in [9.17, 15) is 0 Å². The minimum atomic E-state index is -2.00. The van der Waals surface area contributed by atoms with Crippen molar-refractivity contribution in [3.8, 4) is 22.3 Å². The molecule has 9 rings (SSSR count). The van der Waals surface area contributed by atoms with Gasteiger partial charge in [-0.25, -0.2) is 0 Å². The molecule has 1 heterocycles. The highest BCUT2D eigenvalue weighted by Crippen LogP contribution is 2.37. The summed E-state index contributed by atoms with van der Waals surface area (Å²) in [6.07, 6.45) is 4.68. The van der Waals surface area contributed by atoms with Crippen molar-refractivity contribution < 1.29 is 0 Å². The van der Waals surface area contributed by atoms with Gasteiger partial charge in [-0.3, -0.25) is 0 Å². The zero-order valence-electron chi connectivity index (χ0n) is 31.2. The minimum absolute atomic E-state index is 1.13. The molecule has 1 aliphatic heterocycles. The molecule has 0 fully saturated rings. The van der Waals surface area contributed by atoms with Crippen LogP contribution in [0.1, 0.15) is 11.1 Å². The van der Waals surface area contributed by atoms with E-state index in [-0.39, 0.29) is 0 Å². The second kappa shape index (κ2) is 14.6. The van der Waals surface area contributed by atoms with Crippen LogP contribution in [0.15, 0.2) is 206 Å². The van der Waals surface area contributed by atoms with Gasteiger partial charge < -0.3 is 9.80 Å². The van der Waals surface area contributed by atoms with Crippen LogP contribution in [0.2, 0.25) is 13.1 Å². The van der Waals surface area contributed by atoms with E-state index in [4.69, 9.17) is 0 Å². The molecule has 2 nitrogen and oxygen atoms in total. The van der Waals surface area contributed by atoms with Crippen molar-refractivity contribution in [2.75, 3.05) is 9.80 Å². The molecule has 0 saturated carbocycles. The molecule has 0 radical (unpaired) electrons. The van der Waals surface area contributed by atoms with Gasteiger partial charge in [0.2, 0.25) is 0 Å². The van der Waals surface area contributed by atoms with E-state index in [2.05, 4.69) is 241 Å². The SMILES string of the molecule is C[Si]1(C)c2ccc(-c3ccc(N(c4ccccc4)c4ccccc4)cc3)cc2C=Cc2cc(-c3ccc(N(c4ccccc4)c4ccccc4)cc3)ccc21. The summed E-state index contributed by atoms with van der Waals surface area (Å²) >= 11 is 0. The van der Waals surface area contributed by atoms with Crippen LogP contribution in [0.3, 0.4) is 0 Å². The van der Waals surface area contributed by atoms with Crippen molar-refractivity contribution in [3.63, 3.8) is 0 Å². The summed E-state index contributed by atoms with van der Waals surface area (Å²) < 4.78 is 0. The maximum atomic E-state index is 2.49. The number of nitrogens with zero attached hydrogens (tertiary/aromatic N) is 2. The van der Waals surface area contributed by atoms with Gasteiger partial charge in [0.15, 0.2) is 0 Å². The number of hydrogen-bond acceptors (Lipinski definition) is 2. The van der Waals surface area contributed by atoms with Crippen molar-refractivity contribution >= 4 is 64.7 Å². The Labute approximate surface area is 325 Å². The Morgan fingerprint density at radius 2 is 0.564 bits per heavy atom. The average Bonchev–Trinajstić information content (AvgIpc) is 3.35. The van der Waals surface area contributed by atoms with Gasteiger partial charge in [0.25, 0.3) is 0 Å². The lowest BCUT2D eigenvalue weighted by Crippen LogP contribution is -2.54. The van der Waals surface area contributed by atoms with Crippen LogP contribution in [0.5, 0.6) is 0 Å². The third-order valence-corrected chi connectivity index (χ3v) is 14.5. The third-order valence-electron chi connectivity index (χ3n) is 10.9. The zero-order chi connectivity index (χ0) is 37.2. The average molecular weight is 723 g/mol. The summed E-state index contributed by atoms with van der Waals surface area (Å²) in [5.74, 6) is 0. The zero-order valence-corrected chi connectivity index (χ0v) is 32.2. The van der Waals surface area contributed by atoms with Gasteiger partial charge in [-0.1, -0.05) is 147 Å². The van der Waals surface area contributed by atoms with E-state index >= 15 is 0 Å². The minimum Gasteiger partial charge on any atom is -0.311 e. The largest absolute Gasteiger partial charge is 0.311 e. The van der Waals surface area contributed by atoms with Gasteiger partial charge in [-0.05, 0) is 129 Å². The van der Waals surface area contributed by atoms with Crippen LogP contribution in [0.25, 0.3) is 34.4 Å². The molecule has 0 saturated heterocycles. The van der Waals surface area contributed by atoms with E-state index < -0.39 is 8.07 Å². The van der Waals surface area contributed by atoms with Crippen LogP contribution >= 0.6 is 0 Å². The first-order chi connectivity index (χ1) is 27.0. The van der Waals surface area contributed by atoms with Crippen LogP contribution in [-0.2, 0) is 0 Å². The summed E-state index contributed by atoms with van der Waals surface area (Å²) in [5.41, 5.74) is 14.4. The van der Waals surface area contributed by atoms with Crippen LogP contribution in [-0.4, -0.2) is 8.07 Å². The first kappa shape index (κ1) is 34.1. The number of anilines is 6. The second-order valence-electron chi connectivity index (χ2n) is 14.7. The number of hydrogen-bond donors (Lipinski definition) is 0. The summed E-state index contributed by atoms with van der Waals surface area (Å²) in [5, 5.41) is 2.95. The predicted octanol–water partition coefficient (Wildman–Crippen LogP) is 13.3. The standard InChI is InChI=1S/C52H42N2Si/c1-55(2)51-35-29-41(39-25-31-49(32-26-39)53(45-15-7-3-8-16-45)46-17-9-4-10-18-46)37-43(51)23-24-44-38-42(30-36-52(44)55)40-27-33-50(34-28-40)54(47-19-11-5-12-20-47)48-21-13-6-14-22-48/h3-38H,1-2H3. The van der Waals surface area contributed by atoms with Gasteiger partial charge >= 0.3 is 0 Å². The summed E-state index contributed by atoms with van der Waals surface area (Å²) in [6.45, 7) is 4.98. The normalized spacial score (nSPS) is 12.6. The van der Waals surface area contributed by atoms with Crippen molar-refractivity contribution in [1.82, 2.24) is 0 Å². The lowest BCUT2D eigenvalue weighted by Gasteiger charge is -2.27. The molecule has 0 spiro atoms. The number of fused-ring (bicyclic) bond motifs is 2. The van der Waals surface area contributed by atoms with E-state index in [0.29, 0.717) is 0 Å². The smallest absolute Gasteiger partial charge is 0.113 e. The van der Waals surface area contributed by atoms with E-state index in [1.807, 2.05) is 0 Å². The predicted molar refractivity (Wildman–Crippen MR) is 239 cm³/mol. The molecule has 0 amide bonds. The summed E-state index contributed by atoms with van der Waals surface area (Å²) in [4.78, 5) is 4.61. The van der Waals surface area contributed by atoms with Crippen LogP contribution < -0.4 is 20.2 Å². The van der Waals surface area contributed by atoms with Gasteiger partial charge in [-0.2, -0.15) is 0 Å². The molecule has 0 N–H and O–H groups in total. The maximum absolute atomic E-state index is 2.49. The Bertz CT molecular complexity index is 2320. The highest BCUT2D eigenvalue weighted by atomic mass is 28.3. The third kappa shape index (κ3) is 6.71. The molecule has 264 valence electrons. The molecule has 0 bridgehead atoms. The topological polar surface area (TPSA) is 6.48 Å². The number of para-hydroxylation sites is 4. The van der Waals surface area contributed by atoms with Gasteiger partial charge in [0.1, 0.15) is 8.07 Å². The Balaban J connectivity index is 1.00. The van der Waals surface area contributed by atoms with Crippen LogP contribution in [0.4, 0.5) is 34.1 Å². The van der Waals surface area contributed by atoms with Gasteiger partial charge in [0, 0.05) is 34.1 Å². The van der Waals surface area contributed by atoms with E-state index in [1.165, 1.54) is 43.8 Å². The van der Waals surface area contributed by atoms with Crippen molar-refractivity contribution in [3.05, 3.63) is 217 Å². The molecule has 0 unspecified atom stereocenters. The number of benzene rings is 8. The fourth-order valence-corrected chi connectivity index (χ4v) is 11.1. The lowest BCUT2D eigenvalue weighted by atomic mass is 10.0. The summed E-state index contributed by atoms with van der Waals surface area (Å²) in [6, 6.07) is 74.5. The molecular weight excluding hydrogens is 681 g/mol. The molecule has 1 aliphatic rings. The fraction of sp³-hybridized carbons (Fsp3) is 0.0385. The Morgan fingerprint density at radius 1 is 0.291 bits per heavy atom. The highest BCUT2D eigenvalue weighted by Gasteiger charge is 2.31. The van der Waals surface area contributed by atoms with E-state index in [1.54, 1.807) is 0 Å². The van der Waals surface area contributed by atoms with Crippen molar-refractivity contribution in [2.24, 2.45) is 0 Å². The lowest BCUT2D eigenvalue weighted by molar-refractivity contribution is 1.28. The van der Waals surface area contributed by atoms with Crippen molar-refractivity contribution in [2.45, 2.75) is 13.1 Å². The number of rotatable bonds is 8. The molecule has 3 heteroatoms. The Morgan fingerprint density at radius 3 is 0.873 bits per heavy atom. The molecule has 8 aromatic rings. The van der Waals surface area contributed by atoms with E-state index in [0.717, 1.165) is 34.1 Å². The molecular formula is C52H42N2Si.